The van der Waals surface area contributed by atoms with Crippen molar-refractivity contribution in [1.82, 2.24) is 19.1 Å². The Balaban J connectivity index is 1.35. The molecule has 0 fully saturated rings. The molecule has 49 heavy (non-hydrogen) atoms. The van der Waals surface area contributed by atoms with Crippen LogP contribution in [0.3, 0.4) is 0 Å². The Morgan fingerprint density at radius 1 is 0.429 bits per heavy atom. The van der Waals surface area contributed by atoms with E-state index in [1.54, 1.807) is 0 Å². The van der Waals surface area contributed by atoms with Gasteiger partial charge in [-0.15, -0.1) is 0 Å². The molecule has 5 heteroatoms. The van der Waals surface area contributed by atoms with Crippen LogP contribution in [0.1, 0.15) is 0 Å². The Bertz CT molecular complexity index is 3100. The van der Waals surface area contributed by atoms with E-state index in [9.17, 15) is 0 Å². The first-order chi connectivity index (χ1) is 24.3. The predicted molar refractivity (Wildman–Crippen MR) is 201 cm³/mol. The molecule has 0 amide bonds. The minimum Gasteiger partial charge on any atom is -0.456 e. The van der Waals surface area contributed by atoms with Gasteiger partial charge in [0.25, 0.3) is 0 Å². The number of nitrogens with zero attached hydrogens (tertiary/aromatic N) is 4. The number of hydrogen-bond acceptors (Lipinski definition) is 3. The third kappa shape index (κ3) is 3.64. The maximum absolute atomic E-state index is 6.34. The number of para-hydroxylation sites is 3. The van der Waals surface area contributed by atoms with E-state index in [1.165, 1.54) is 10.8 Å². The van der Waals surface area contributed by atoms with Crippen molar-refractivity contribution in [2.24, 2.45) is 0 Å². The van der Waals surface area contributed by atoms with Crippen molar-refractivity contribution >= 4 is 76.5 Å². The molecular weight excluding hydrogens is 601 g/mol. The summed E-state index contributed by atoms with van der Waals surface area (Å²) in [5.74, 6) is 0.630. The Morgan fingerprint density at radius 2 is 1.14 bits per heavy atom. The summed E-state index contributed by atoms with van der Waals surface area (Å²) in [5, 5.41) is 7.93. The van der Waals surface area contributed by atoms with Gasteiger partial charge in [-0.05, 0) is 47.9 Å². The van der Waals surface area contributed by atoms with Crippen LogP contribution in [0.4, 0.5) is 0 Å². The van der Waals surface area contributed by atoms with E-state index in [1.807, 2.05) is 12.1 Å². The molecule has 0 bridgehead atoms. The summed E-state index contributed by atoms with van der Waals surface area (Å²) in [6, 6.07) is 55.1. The van der Waals surface area contributed by atoms with Crippen LogP contribution in [-0.4, -0.2) is 19.1 Å². The normalized spacial score (nSPS) is 12.1. The Morgan fingerprint density at radius 3 is 2.00 bits per heavy atom. The smallest absolute Gasteiger partial charge is 0.235 e. The third-order valence-electron chi connectivity index (χ3n) is 9.91. The van der Waals surface area contributed by atoms with Gasteiger partial charge in [0.15, 0.2) is 0 Å². The van der Waals surface area contributed by atoms with Crippen LogP contribution in [0.2, 0.25) is 0 Å². The van der Waals surface area contributed by atoms with E-state index in [0.29, 0.717) is 5.95 Å². The van der Waals surface area contributed by atoms with Gasteiger partial charge < -0.3 is 8.98 Å². The van der Waals surface area contributed by atoms with Gasteiger partial charge in [0.05, 0.1) is 22.1 Å². The number of benzene rings is 7. The fourth-order valence-electron chi connectivity index (χ4n) is 7.86. The molecule has 0 saturated carbocycles. The average Bonchev–Trinajstić information content (AvgIpc) is 3.83. The second-order valence-corrected chi connectivity index (χ2v) is 12.6. The zero-order chi connectivity index (χ0) is 32.1. The zero-order valence-corrected chi connectivity index (χ0v) is 26.2. The van der Waals surface area contributed by atoms with Gasteiger partial charge >= 0.3 is 0 Å². The number of aromatic nitrogens is 4. The highest BCUT2D eigenvalue weighted by Crippen LogP contribution is 2.43. The molecule has 7 aromatic carbocycles. The summed E-state index contributed by atoms with van der Waals surface area (Å²) in [6.07, 6.45) is 0. The standard InChI is InChI=1S/C44H26N4O/c1-3-14-28(15-4-1)40-43-41(33-24-23-27-13-7-8-18-30(27)42(33)47(43)29-16-5-2-6-17-29)46-44(45-40)48-34-21-11-9-19-31(34)38-35(48)25-26-37-39(38)32-20-10-12-22-36(32)49-37/h1-26H. The Kier molecular flexibility index (Phi) is 5.32. The van der Waals surface area contributed by atoms with Gasteiger partial charge in [-0.3, -0.25) is 4.57 Å². The van der Waals surface area contributed by atoms with Gasteiger partial charge in [-0.2, -0.15) is 0 Å². The van der Waals surface area contributed by atoms with Crippen molar-refractivity contribution < 1.29 is 4.42 Å². The Labute approximate surface area is 279 Å². The number of rotatable bonds is 3. The predicted octanol–water partition coefficient (Wildman–Crippen LogP) is 11.4. The van der Waals surface area contributed by atoms with Crippen molar-refractivity contribution in [3.63, 3.8) is 0 Å². The monoisotopic (exact) mass is 626 g/mol. The first-order valence-electron chi connectivity index (χ1n) is 16.5. The lowest BCUT2D eigenvalue weighted by molar-refractivity contribution is 0.669. The molecule has 11 aromatic rings. The molecule has 0 spiro atoms. The molecule has 4 heterocycles. The highest BCUT2D eigenvalue weighted by Gasteiger charge is 2.25. The lowest BCUT2D eigenvalue weighted by Crippen LogP contribution is -2.04. The fraction of sp³-hybridized carbons (Fsp3) is 0. The summed E-state index contributed by atoms with van der Waals surface area (Å²) in [4.78, 5) is 11.0. The second kappa shape index (κ2) is 9.89. The minimum atomic E-state index is 0.630. The van der Waals surface area contributed by atoms with Crippen LogP contribution in [0, 0.1) is 0 Å². The quantitative estimate of drug-likeness (QED) is 0.196. The van der Waals surface area contributed by atoms with Gasteiger partial charge in [-0.1, -0.05) is 115 Å². The number of furan rings is 1. The maximum atomic E-state index is 6.34. The van der Waals surface area contributed by atoms with E-state index in [0.717, 1.165) is 82.6 Å². The van der Waals surface area contributed by atoms with E-state index in [2.05, 4.69) is 155 Å². The second-order valence-electron chi connectivity index (χ2n) is 12.6. The highest BCUT2D eigenvalue weighted by atomic mass is 16.3. The SMILES string of the molecule is c1ccc(-c2nc(-n3c4ccccc4c4c5c(ccc43)oc3ccccc35)nc3c4ccc5ccccc5c4n(-c4ccccc4)c23)cc1. The van der Waals surface area contributed by atoms with Crippen molar-refractivity contribution in [3.05, 3.63) is 158 Å². The molecule has 0 N–H and O–H groups in total. The lowest BCUT2D eigenvalue weighted by atomic mass is 10.1. The zero-order valence-electron chi connectivity index (χ0n) is 26.2. The molecule has 4 aromatic heterocycles. The van der Waals surface area contributed by atoms with Crippen LogP contribution in [-0.2, 0) is 0 Å². The molecular formula is C44H26N4O. The van der Waals surface area contributed by atoms with Gasteiger partial charge in [-0.25, -0.2) is 9.97 Å². The molecule has 5 nitrogen and oxygen atoms in total. The molecule has 0 aliphatic rings. The average molecular weight is 627 g/mol. The summed E-state index contributed by atoms with van der Waals surface area (Å²) >= 11 is 0. The van der Waals surface area contributed by atoms with Gasteiger partial charge in [0, 0.05) is 43.6 Å². The van der Waals surface area contributed by atoms with Crippen LogP contribution in [0.15, 0.2) is 162 Å². The maximum Gasteiger partial charge on any atom is 0.235 e. The molecule has 0 unspecified atom stereocenters. The van der Waals surface area contributed by atoms with Crippen molar-refractivity contribution in [1.29, 1.82) is 0 Å². The summed E-state index contributed by atoms with van der Waals surface area (Å²) < 4.78 is 10.9. The molecule has 228 valence electrons. The highest BCUT2D eigenvalue weighted by molar-refractivity contribution is 6.27. The third-order valence-corrected chi connectivity index (χ3v) is 9.91. The lowest BCUT2D eigenvalue weighted by Gasteiger charge is -2.13. The molecule has 0 aliphatic heterocycles. The summed E-state index contributed by atoms with van der Waals surface area (Å²) in [7, 11) is 0. The van der Waals surface area contributed by atoms with Crippen LogP contribution < -0.4 is 0 Å². The van der Waals surface area contributed by atoms with Crippen LogP contribution >= 0.6 is 0 Å². The largest absolute Gasteiger partial charge is 0.456 e. The van der Waals surface area contributed by atoms with E-state index < -0.39 is 0 Å². The summed E-state index contributed by atoms with van der Waals surface area (Å²) in [5.41, 5.74) is 9.83. The van der Waals surface area contributed by atoms with Gasteiger partial charge in [0.2, 0.25) is 5.95 Å². The van der Waals surface area contributed by atoms with E-state index in [-0.39, 0.29) is 0 Å². The molecule has 0 saturated heterocycles. The molecule has 11 rings (SSSR count). The van der Waals surface area contributed by atoms with Crippen LogP contribution in [0.5, 0.6) is 0 Å². The number of hydrogen-bond donors (Lipinski definition) is 0. The molecule has 0 aliphatic carbocycles. The number of fused-ring (bicyclic) bond motifs is 12. The first kappa shape index (κ1) is 26.4. The molecule has 0 atom stereocenters. The summed E-state index contributed by atoms with van der Waals surface area (Å²) in [6.45, 7) is 0. The van der Waals surface area contributed by atoms with E-state index in [4.69, 9.17) is 14.4 Å². The van der Waals surface area contributed by atoms with E-state index >= 15 is 0 Å². The van der Waals surface area contributed by atoms with Crippen LogP contribution in [0.25, 0.3) is 99.3 Å². The first-order valence-corrected chi connectivity index (χ1v) is 16.5. The van der Waals surface area contributed by atoms with Crippen molar-refractivity contribution in [2.75, 3.05) is 0 Å². The van der Waals surface area contributed by atoms with Gasteiger partial charge in [0.1, 0.15) is 22.4 Å². The topological polar surface area (TPSA) is 48.8 Å². The minimum absolute atomic E-state index is 0.630. The molecule has 0 radical (unpaired) electrons. The van der Waals surface area contributed by atoms with Crippen molar-refractivity contribution in [3.8, 4) is 22.9 Å². The Hall–Kier alpha value is -6.72. The van der Waals surface area contributed by atoms with Crippen molar-refractivity contribution in [2.45, 2.75) is 0 Å². The fourth-order valence-corrected chi connectivity index (χ4v) is 7.86.